The number of hydrogen-bond acceptors (Lipinski definition) is 2. The summed E-state index contributed by atoms with van der Waals surface area (Å²) in [6.45, 7) is 0. The summed E-state index contributed by atoms with van der Waals surface area (Å²) >= 11 is 0. The summed E-state index contributed by atoms with van der Waals surface area (Å²) in [4.78, 5) is 26.1. The molecule has 2 aliphatic rings. The third-order valence-electron chi connectivity index (χ3n) is 5.80. The van der Waals surface area contributed by atoms with Crippen molar-refractivity contribution in [3.8, 4) is 0 Å². The van der Waals surface area contributed by atoms with Gasteiger partial charge in [-0.1, -0.05) is 84.9 Å². The van der Waals surface area contributed by atoms with E-state index in [-0.39, 0.29) is 11.8 Å². The molecular formula is C26H16N2O2. The Kier molecular flexibility index (Phi) is 3.44. The second kappa shape index (κ2) is 6.16. The van der Waals surface area contributed by atoms with Crippen molar-refractivity contribution in [1.29, 1.82) is 0 Å². The van der Waals surface area contributed by atoms with Crippen LogP contribution in [0.2, 0.25) is 0 Å². The zero-order chi connectivity index (χ0) is 20.2. The molecule has 30 heavy (non-hydrogen) atoms. The Labute approximate surface area is 172 Å². The van der Waals surface area contributed by atoms with Gasteiger partial charge in [0.05, 0.1) is 22.5 Å². The van der Waals surface area contributed by atoms with Crippen molar-refractivity contribution >= 4 is 44.8 Å². The van der Waals surface area contributed by atoms with E-state index in [0.29, 0.717) is 22.5 Å². The lowest BCUT2D eigenvalue weighted by atomic mass is 9.97. The molecule has 2 N–H and O–H groups in total. The van der Waals surface area contributed by atoms with Crippen LogP contribution in [-0.4, -0.2) is 11.8 Å². The predicted octanol–water partition coefficient (Wildman–Crippen LogP) is 4.38. The Morgan fingerprint density at radius 3 is 1.33 bits per heavy atom. The van der Waals surface area contributed by atoms with Crippen LogP contribution in [0.5, 0.6) is 0 Å². The smallest absolute Gasteiger partial charge is 0.258 e. The molecule has 0 fully saturated rings. The molecule has 0 saturated heterocycles. The topological polar surface area (TPSA) is 58.2 Å². The van der Waals surface area contributed by atoms with Gasteiger partial charge >= 0.3 is 0 Å². The van der Waals surface area contributed by atoms with E-state index < -0.39 is 0 Å². The van der Waals surface area contributed by atoms with Crippen LogP contribution in [0.25, 0.3) is 32.9 Å². The number of benzene rings is 4. The Bertz CT molecular complexity index is 1350. The van der Waals surface area contributed by atoms with Gasteiger partial charge in [-0.25, -0.2) is 0 Å². The normalized spacial score (nSPS) is 15.7. The number of rotatable bonds is 2. The first-order valence-electron chi connectivity index (χ1n) is 9.80. The molecule has 0 radical (unpaired) electrons. The lowest BCUT2D eigenvalue weighted by Crippen LogP contribution is -2.21. The van der Waals surface area contributed by atoms with Gasteiger partial charge < -0.3 is 10.6 Å². The second-order valence-electron chi connectivity index (χ2n) is 7.46. The minimum absolute atomic E-state index is 0.255. The van der Waals surface area contributed by atoms with Crippen LogP contribution < -0.4 is 10.6 Å². The highest BCUT2D eigenvalue weighted by Gasteiger charge is 2.41. The molecule has 2 heterocycles. The summed E-state index contributed by atoms with van der Waals surface area (Å²) in [5.41, 5.74) is 3.67. The molecule has 0 unspecified atom stereocenters. The molecule has 6 rings (SSSR count). The van der Waals surface area contributed by atoms with Gasteiger partial charge in [0.2, 0.25) is 0 Å². The second-order valence-corrected chi connectivity index (χ2v) is 7.46. The first-order valence-corrected chi connectivity index (χ1v) is 9.80. The molecule has 0 spiro atoms. The monoisotopic (exact) mass is 388 g/mol. The summed E-state index contributed by atoms with van der Waals surface area (Å²) in [5.74, 6) is -0.511. The fourth-order valence-corrected chi connectivity index (χ4v) is 4.47. The largest absolute Gasteiger partial charge is 0.321 e. The zero-order valence-electron chi connectivity index (χ0n) is 15.9. The van der Waals surface area contributed by atoms with Crippen molar-refractivity contribution in [3.63, 3.8) is 0 Å². The lowest BCUT2D eigenvalue weighted by molar-refractivity contribution is -0.117. The van der Waals surface area contributed by atoms with Crippen LogP contribution in [0.4, 0.5) is 0 Å². The molecule has 4 heteroatoms. The number of amides is 2. The van der Waals surface area contributed by atoms with Crippen LogP contribution in [0.15, 0.2) is 96.1 Å². The standard InChI is InChI=1S/C26H16N2O2/c29-25-21-22(24(28-25)20-14-6-10-16-8-2-4-12-18(16)20)26(30)27-23(21)19-13-5-9-15-7-1-3-11-17(15)19/h1-14H,(H,27,30)(H,28,29). The molecule has 2 amide bonds. The SMILES string of the molecule is O=C1NC(c2cccc3ccccc23)=C2C(=O)NC(c3cccc4ccccc34)=C12. The van der Waals surface area contributed by atoms with E-state index in [1.807, 2.05) is 84.9 Å². The van der Waals surface area contributed by atoms with Gasteiger partial charge in [-0.05, 0) is 21.5 Å². The summed E-state index contributed by atoms with van der Waals surface area (Å²) < 4.78 is 0. The van der Waals surface area contributed by atoms with E-state index in [4.69, 9.17) is 0 Å². The van der Waals surface area contributed by atoms with Crippen LogP contribution in [0, 0.1) is 0 Å². The van der Waals surface area contributed by atoms with Gasteiger partial charge in [-0.3, -0.25) is 9.59 Å². The Balaban J connectivity index is 1.63. The number of nitrogens with one attached hydrogen (secondary N) is 2. The molecule has 0 aliphatic carbocycles. The van der Waals surface area contributed by atoms with E-state index in [1.54, 1.807) is 0 Å². The predicted molar refractivity (Wildman–Crippen MR) is 118 cm³/mol. The van der Waals surface area contributed by atoms with Crippen molar-refractivity contribution < 1.29 is 9.59 Å². The summed E-state index contributed by atoms with van der Waals surface area (Å²) in [7, 11) is 0. The molecular weight excluding hydrogens is 372 g/mol. The lowest BCUT2D eigenvalue weighted by Gasteiger charge is -2.11. The Morgan fingerprint density at radius 1 is 0.467 bits per heavy atom. The summed E-state index contributed by atoms with van der Waals surface area (Å²) in [6, 6.07) is 27.7. The van der Waals surface area contributed by atoms with Crippen LogP contribution >= 0.6 is 0 Å². The van der Waals surface area contributed by atoms with Crippen molar-refractivity contribution in [3.05, 3.63) is 107 Å². The Morgan fingerprint density at radius 2 is 0.867 bits per heavy atom. The average molecular weight is 388 g/mol. The molecule has 0 bridgehead atoms. The quantitative estimate of drug-likeness (QED) is 0.536. The Hall–Kier alpha value is -4.18. The third-order valence-corrected chi connectivity index (χ3v) is 5.80. The van der Waals surface area contributed by atoms with Crippen LogP contribution in [-0.2, 0) is 9.59 Å². The maximum Gasteiger partial charge on any atom is 0.258 e. The molecule has 4 aromatic carbocycles. The minimum Gasteiger partial charge on any atom is -0.321 e. The third kappa shape index (κ3) is 2.28. The number of fused-ring (bicyclic) bond motifs is 3. The molecule has 4 nitrogen and oxygen atoms in total. The molecule has 142 valence electrons. The summed E-state index contributed by atoms with van der Waals surface area (Å²) in [5, 5.41) is 10.0. The highest BCUT2D eigenvalue weighted by Crippen LogP contribution is 2.40. The van der Waals surface area contributed by atoms with Crippen molar-refractivity contribution in [2.24, 2.45) is 0 Å². The highest BCUT2D eigenvalue weighted by molar-refractivity contribution is 6.31. The molecule has 0 atom stereocenters. The van der Waals surface area contributed by atoms with Gasteiger partial charge in [-0.15, -0.1) is 0 Å². The van der Waals surface area contributed by atoms with Gasteiger partial charge in [0, 0.05) is 11.1 Å². The van der Waals surface area contributed by atoms with E-state index in [0.717, 1.165) is 32.7 Å². The fraction of sp³-hybridized carbons (Fsp3) is 0. The first-order chi connectivity index (χ1) is 14.7. The maximum absolute atomic E-state index is 13.0. The summed E-state index contributed by atoms with van der Waals surface area (Å²) in [6.07, 6.45) is 0. The van der Waals surface area contributed by atoms with E-state index in [2.05, 4.69) is 10.6 Å². The molecule has 2 aliphatic heterocycles. The van der Waals surface area contributed by atoms with Crippen molar-refractivity contribution in [1.82, 2.24) is 10.6 Å². The minimum atomic E-state index is -0.255. The maximum atomic E-state index is 13.0. The number of hydrogen-bond donors (Lipinski definition) is 2. The van der Waals surface area contributed by atoms with Crippen LogP contribution in [0.3, 0.4) is 0 Å². The van der Waals surface area contributed by atoms with Crippen LogP contribution in [0.1, 0.15) is 11.1 Å². The van der Waals surface area contributed by atoms with E-state index >= 15 is 0 Å². The molecule has 0 aromatic heterocycles. The van der Waals surface area contributed by atoms with E-state index in [1.165, 1.54) is 0 Å². The van der Waals surface area contributed by atoms with Gasteiger partial charge in [-0.2, -0.15) is 0 Å². The zero-order valence-corrected chi connectivity index (χ0v) is 15.9. The number of carbonyl (C=O) groups excluding carboxylic acids is 2. The highest BCUT2D eigenvalue weighted by atomic mass is 16.2. The van der Waals surface area contributed by atoms with E-state index in [9.17, 15) is 9.59 Å². The fourth-order valence-electron chi connectivity index (χ4n) is 4.47. The average Bonchev–Trinajstić information content (AvgIpc) is 3.31. The first kappa shape index (κ1) is 16.7. The molecule has 0 saturated carbocycles. The van der Waals surface area contributed by atoms with Crippen molar-refractivity contribution in [2.45, 2.75) is 0 Å². The van der Waals surface area contributed by atoms with Gasteiger partial charge in [0.1, 0.15) is 0 Å². The number of carbonyl (C=O) groups is 2. The molecule has 4 aromatic rings. The van der Waals surface area contributed by atoms with Crippen molar-refractivity contribution in [2.75, 3.05) is 0 Å². The van der Waals surface area contributed by atoms with Gasteiger partial charge in [0.15, 0.2) is 0 Å². The van der Waals surface area contributed by atoms with Gasteiger partial charge in [0.25, 0.3) is 11.8 Å².